The minimum absolute atomic E-state index is 0.166. The van der Waals surface area contributed by atoms with Crippen molar-refractivity contribution in [2.45, 2.75) is 51.1 Å². The number of rotatable bonds is 5. The van der Waals surface area contributed by atoms with Crippen LogP contribution in [0.15, 0.2) is 12.2 Å². The molecule has 104 valence electrons. The Morgan fingerprint density at radius 2 is 1.89 bits per heavy atom. The number of epoxide rings is 1. The number of carbonyl (C=O) groups is 1. The molecule has 1 fully saturated rings. The quantitative estimate of drug-likeness (QED) is 0.334. The molecule has 5 heteroatoms. The molecule has 0 unspecified atom stereocenters. The summed E-state index contributed by atoms with van der Waals surface area (Å²) in [5.41, 5.74) is 0.815. The van der Waals surface area contributed by atoms with Gasteiger partial charge in [-0.05, 0) is 23.7 Å². The molecule has 0 saturated carbocycles. The summed E-state index contributed by atoms with van der Waals surface area (Å²) in [5, 5.41) is 0.166. The molecule has 1 heterocycles. The van der Waals surface area contributed by atoms with Crippen molar-refractivity contribution < 1.29 is 18.7 Å². The fraction of sp³-hybridized carbons (Fsp3) is 0.769. The van der Waals surface area contributed by atoms with Crippen LogP contribution >= 0.6 is 0 Å². The Kier molecular flexibility index (Phi) is 4.41. The highest BCUT2D eigenvalue weighted by atomic mass is 28.4. The van der Waals surface area contributed by atoms with E-state index in [0.29, 0.717) is 6.61 Å². The molecule has 0 bridgehead atoms. The van der Waals surface area contributed by atoms with Gasteiger partial charge in [0.05, 0.1) is 13.7 Å². The maximum absolute atomic E-state index is 11.2. The van der Waals surface area contributed by atoms with Crippen LogP contribution in [0.3, 0.4) is 0 Å². The van der Waals surface area contributed by atoms with E-state index in [1.165, 1.54) is 7.11 Å². The lowest BCUT2D eigenvalue weighted by molar-refractivity contribution is -0.142. The topological polar surface area (TPSA) is 48.1 Å². The van der Waals surface area contributed by atoms with E-state index in [1.54, 1.807) is 0 Å². The summed E-state index contributed by atoms with van der Waals surface area (Å²) in [6.07, 6.45) is -0.715. The average Bonchev–Trinajstić information content (AvgIpc) is 3.03. The molecule has 1 rings (SSSR count). The predicted octanol–water partition coefficient (Wildman–Crippen LogP) is 2.50. The maximum atomic E-state index is 11.2. The lowest BCUT2D eigenvalue weighted by Crippen LogP contribution is -2.41. The third kappa shape index (κ3) is 3.43. The molecule has 0 N–H and O–H groups in total. The molecular weight excluding hydrogens is 248 g/mol. The number of esters is 1. The Morgan fingerprint density at radius 1 is 1.33 bits per heavy atom. The predicted molar refractivity (Wildman–Crippen MR) is 73.0 cm³/mol. The lowest BCUT2D eigenvalue weighted by atomic mass is 10.2. The fourth-order valence-electron chi connectivity index (χ4n) is 1.29. The minimum Gasteiger partial charge on any atom is -0.467 e. The van der Waals surface area contributed by atoms with E-state index >= 15 is 0 Å². The fourth-order valence-corrected chi connectivity index (χ4v) is 2.27. The Morgan fingerprint density at radius 3 is 2.33 bits per heavy atom. The van der Waals surface area contributed by atoms with Crippen molar-refractivity contribution in [1.82, 2.24) is 0 Å². The lowest BCUT2D eigenvalue weighted by Gasteiger charge is -2.36. The largest absolute Gasteiger partial charge is 0.467 e. The zero-order valence-corrected chi connectivity index (χ0v) is 13.2. The molecule has 0 aromatic carbocycles. The van der Waals surface area contributed by atoms with Crippen LogP contribution in [0.25, 0.3) is 0 Å². The second-order valence-corrected chi connectivity index (χ2v) is 11.0. The van der Waals surface area contributed by atoms with E-state index in [9.17, 15) is 4.79 Å². The normalized spacial score (nSPS) is 23.7. The first kappa shape index (κ1) is 15.4. The third-order valence-electron chi connectivity index (χ3n) is 3.75. The van der Waals surface area contributed by atoms with E-state index in [4.69, 9.17) is 9.16 Å². The molecule has 2 atom stereocenters. The maximum Gasteiger partial charge on any atom is 0.338 e. The summed E-state index contributed by atoms with van der Waals surface area (Å²) >= 11 is 0. The number of methoxy groups -OCH3 is 1. The molecule has 1 aliphatic heterocycles. The molecule has 1 saturated heterocycles. The van der Waals surface area contributed by atoms with Crippen molar-refractivity contribution in [2.24, 2.45) is 0 Å². The summed E-state index contributed by atoms with van der Waals surface area (Å²) in [7, 11) is -0.419. The van der Waals surface area contributed by atoms with E-state index in [2.05, 4.69) is 45.2 Å². The summed E-state index contributed by atoms with van der Waals surface area (Å²) in [6, 6.07) is 0. The zero-order valence-electron chi connectivity index (χ0n) is 12.2. The first-order valence-corrected chi connectivity index (χ1v) is 9.06. The molecule has 0 aliphatic carbocycles. The van der Waals surface area contributed by atoms with Crippen LogP contribution in [0.5, 0.6) is 0 Å². The molecule has 1 aliphatic rings. The van der Waals surface area contributed by atoms with Crippen molar-refractivity contribution in [2.75, 3.05) is 13.7 Å². The van der Waals surface area contributed by atoms with Gasteiger partial charge in [0.15, 0.2) is 14.4 Å². The van der Waals surface area contributed by atoms with Gasteiger partial charge in [0.25, 0.3) is 0 Å². The van der Waals surface area contributed by atoms with Crippen molar-refractivity contribution in [3.05, 3.63) is 12.2 Å². The SMILES string of the molecule is C=C(CO[Si](C)(C)C(C)(C)C)[C@@H]1O[C@@H]1C(=O)OC. The van der Waals surface area contributed by atoms with Crippen molar-refractivity contribution in [3.63, 3.8) is 0 Å². The van der Waals surface area contributed by atoms with E-state index in [0.717, 1.165) is 5.57 Å². The van der Waals surface area contributed by atoms with Crippen molar-refractivity contribution in [3.8, 4) is 0 Å². The van der Waals surface area contributed by atoms with Crippen LogP contribution in [0, 0.1) is 0 Å². The highest BCUT2D eigenvalue weighted by Gasteiger charge is 2.48. The third-order valence-corrected chi connectivity index (χ3v) is 8.23. The highest BCUT2D eigenvalue weighted by molar-refractivity contribution is 6.74. The Balaban J connectivity index is 2.42. The molecule has 0 aromatic heterocycles. The Hall–Kier alpha value is -0.653. The monoisotopic (exact) mass is 272 g/mol. The summed E-state index contributed by atoms with van der Waals surface area (Å²) in [5.74, 6) is -0.339. The van der Waals surface area contributed by atoms with Crippen LogP contribution in [0.2, 0.25) is 18.1 Å². The molecular formula is C13H24O4Si. The summed E-state index contributed by atoms with van der Waals surface area (Å²) in [4.78, 5) is 11.2. The number of carbonyl (C=O) groups excluding carboxylic acids is 1. The van der Waals surface area contributed by atoms with Crippen LogP contribution in [0.1, 0.15) is 20.8 Å². The van der Waals surface area contributed by atoms with Gasteiger partial charge < -0.3 is 13.9 Å². The van der Waals surface area contributed by atoms with Crippen molar-refractivity contribution >= 4 is 14.3 Å². The van der Waals surface area contributed by atoms with Crippen LogP contribution in [0.4, 0.5) is 0 Å². The van der Waals surface area contributed by atoms with Gasteiger partial charge in [-0.15, -0.1) is 0 Å². The average molecular weight is 272 g/mol. The Labute approximate surface area is 110 Å². The first-order valence-electron chi connectivity index (χ1n) is 6.15. The van der Waals surface area contributed by atoms with Gasteiger partial charge in [-0.25, -0.2) is 4.79 Å². The molecule has 4 nitrogen and oxygen atoms in total. The minimum atomic E-state index is -1.78. The van der Waals surface area contributed by atoms with Crippen molar-refractivity contribution in [1.29, 1.82) is 0 Å². The molecule has 0 aromatic rings. The van der Waals surface area contributed by atoms with E-state index < -0.39 is 14.4 Å². The standard InChI is InChI=1S/C13H24O4Si/c1-9(10-11(17-10)12(14)15-5)8-16-18(6,7)13(2,3)4/h10-11H,1,8H2,2-7H3/t10-,11-/m0/s1. The Bertz CT molecular complexity index is 343. The van der Waals surface area contributed by atoms with Gasteiger partial charge in [0.1, 0.15) is 6.10 Å². The number of ether oxygens (including phenoxy) is 2. The van der Waals surface area contributed by atoms with E-state index in [1.807, 2.05) is 0 Å². The van der Waals surface area contributed by atoms with Gasteiger partial charge in [-0.3, -0.25) is 0 Å². The van der Waals surface area contributed by atoms with Gasteiger partial charge in [-0.1, -0.05) is 27.4 Å². The summed E-state index contributed by atoms with van der Waals surface area (Å²) < 4.78 is 15.9. The molecule has 0 spiro atoms. The van der Waals surface area contributed by atoms with Gasteiger partial charge in [0, 0.05) is 0 Å². The number of hydrogen-bond donors (Lipinski definition) is 0. The first-order chi connectivity index (χ1) is 8.10. The van der Waals surface area contributed by atoms with Gasteiger partial charge in [-0.2, -0.15) is 0 Å². The van der Waals surface area contributed by atoms with Gasteiger partial charge in [0.2, 0.25) is 0 Å². The second-order valence-electron chi connectivity index (χ2n) is 6.21. The molecule has 18 heavy (non-hydrogen) atoms. The second kappa shape index (κ2) is 5.15. The van der Waals surface area contributed by atoms with Crippen LogP contribution in [-0.4, -0.2) is 40.2 Å². The molecule has 0 radical (unpaired) electrons. The molecule has 0 amide bonds. The van der Waals surface area contributed by atoms with Gasteiger partial charge >= 0.3 is 5.97 Å². The smallest absolute Gasteiger partial charge is 0.338 e. The van der Waals surface area contributed by atoms with Crippen LogP contribution in [-0.2, 0) is 18.7 Å². The number of hydrogen-bond acceptors (Lipinski definition) is 4. The zero-order chi connectivity index (χ0) is 14.1. The summed E-state index contributed by atoms with van der Waals surface area (Å²) in [6.45, 7) is 15.3. The van der Waals surface area contributed by atoms with E-state index in [-0.39, 0.29) is 17.1 Å². The highest BCUT2D eigenvalue weighted by Crippen LogP contribution is 2.37. The van der Waals surface area contributed by atoms with Crippen LogP contribution < -0.4 is 0 Å².